The molecule has 3 aromatic rings. The molecular formula is C24H26N4O5S. The highest BCUT2D eigenvalue weighted by Crippen LogP contribution is 2.25. The van der Waals surface area contributed by atoms with Crippen LogP contribution in [0.15, 0.2) is 47.6 Å². The lowest BCUT2D eigenvalue weighted by molar-refractivity contribution is -0.113. The van der Waals surface area contributed by atoms with Gasteiger partial charge in [-0.2, -0.15) is 0 Å². The van der Waals surface area contributed by atoms with E-state index in [0.29, 0.717) is 16.9 Å². The number of aromatic nitrogens is 3. The van der Waals surface area contributed by atoms with Gasteiger partial charge >= 0.3 is 11.9 Å². The van der Waals surface area contributed by atoms with Crippen molar-refractivity contribution < 1.29 is 23.9 Å². The fourth-order valence-corrected chi connectivity index (χ4v) is 3.92. The van der Waals surface area contributed by atoms with Crippen molar-refractivity contribution in [3.8, 4) is 11.4 Å². The van der Waals surface area contributed by atoms with Gasteiger partial charge in [0.2, 0.25) is 5.91 Å². The number of carbonyl (C=O) groups excluding carboxylic acids is 3. The molecule has 0 saturated carbocycles. The standard InChI is InChI=1S/C24H26N4O5S/c1-14(2)15-6-8-16(9-7-15)21-26-27-24(28(21)3)34-13-20(29)25-19-11-17(22(30)32-4)10-18(12-19)23(31)33-5/h6-12,14H,13H2,1-5H3,(H,25,29). The Hall–Kier alpha value is -3.66. The molecule has 0 fully saturated rings. The molecule has 0 aliphatic heterocycles. The van der Waals surface area contributed by atoms with Crippen molar-refractivity contribution in [2.45, 2.75) is 24.9 Å². The molecule has 1 heterocycles. The molecule has 34 heavy (non-hydrogen) atoms. The number of nitrogens with zero attached hydrogens (tertiary/aromatic N) is 3. The van der Waals surface area contributed by atoms with E-state index in [1.807, 2.05) is 23.7 Å². The molecule has 178 valence electrons. The molecule has 0 aliphatic rings. The predicted molar refractivity (Wildman–Crippen MR) is 129 cm³/mol. The predicted octanol–water partition coefficient (Wildman–Crippen LogP) is 3.91. The molecule has 0 unspecified atom stereocenters. The van der Waals surface area contributed by atoms with Crippen molar-refractivity contribution in [2.24, 2.45) is 7.05 Å². The minimum atomic E-state index is -0.635. The van der Waals surface area contributed by atoms with Crippen LogP contribution in [0.5, 0.6) is 0 Å². The summed E-state index contributed by atoms with van der Waals surface area (Å²) in [6, 6.07) is 12.4. The highest BCUT2D eigenvalue weighted by Gasteiger charge is 2.17. The second-order valence-electron chi connectivity index (χ2n) is 7.76. The number of hydrogen-bond donors (Lipinski definition) is 1. The van der Waals surface area contributed by atoms with Crippen molar-refractivity contribution in [2.75, 3.05) is 25.3 Å². The maximum Gasteiger partial charge on any atom is 0.337 e. The Labute approximate surface area is 201 Å². The Morgan fingerprint density at radius 1 is 0.971 bits per heavy atom. The minimum Gasteiger partial charge on any atom is -0.465 e. The second kappa shape index (κ2) is 11.0. The van der Waals surface area contributed by atoms with Gasteiger partial charge in [-0.25, -0.2) is 9.59 Å². The van der Waals surface area contributed by atoms with Gasteiger partial charge in [0.05, 0.1) is 31.1 Å². The normalized spacial score (nSPS) is 10.8. The van der Waals surface area contributed by atoms with E-state index in [1.54, 1.807) is 0 Å². The number of esters is 2. The van der Waals surface area contributed by atoms with Crippen LogP contribution in [-0.4, -0.2) is 52.6 Å². The molecule has 0 aliphatic carbocycles. The van der Waals surface area contributed by atoms with Crippen molar-refractivity contribution in [1.82, 2.24) is 14.8 Å². The number of carbonyl (C=O) groups is 3. The Morgan fingerprint density at radius 2 is 1.56 bits per heavy atom. The van der Waals surface area contributed by atoms with Gasteiger partial charge in [-0.15, -0.1) is 10.2 Å². The summed E-state index contributed by atoms with van der Waals surface area (Å²) in [7, 11) is 4.31. The number of nitrogens with one attached hydrogen (secondary N) is 1. The van der Waals surface area contributed by atoms with E-state index in [9.17, 15) is 14.4 Å². The third-order valence-electron chi connectivity index (χ3n) is 5.06. The lowest BCUT2D eigenvalue weighted by Gasteiger charge is -2.10. The fraction of sp³-hybridized carbons (Fsp3) is 0.292. The van der Waals surface area contributed by atoms with E-state index in [1.165, 1.54) is 49.7 Å². The molecule has 0 spiro atoms. The van der Waals surface area contributed by atoms with Crippen LogP contribution in [-0.2, 0) is 21.3 Å². The number of amides is 1. The van der Waals surface area contributed by atoms with E-state index in [-0.39, 0.29) is 28.5 Å². The molecule has 3 rings (SSSR count). The topological polar surface area (TPSA) is 112 Å². The Kier molecular flexibility index (Phi) is 8.06. The molecule has 1 aromatic heterocycles. The van der Waals surface area contributed by atoms with E-state index in [4.69, 9.17) is 9.47 Å². The van der Waals surface area contributed by atoms with Crippen LogP contribution in [0.1, 0.15) is 46.0 Å². The van der Waals surface area contributed by atoms with Gasteiger partial charge in [0.15, 0.2) is 11.0 Å². The first-order valence-electron chi connectivity index (χ1n) is 10.5. The number of benzene rings is 2. The van der Waals surface area contributed by atoms with Gasteiger partial charge in [0.1, 0.15) is 0 Å². The molecular weight excluding hydrogens is 456 g/mol. The SMILES string of the molecule is COC(=O)c1cc(NC(=O)CSc2nnc(-c3ccc(C(C)C)cc3)n2C)cc(C(=O)OC)c1. The van der Waals surface area contributed by atoms with Crippen molar-refractivity contribution in [3.63, 3.8) is 0 Å². The third kappa shape index (κ3) is 5.82. The molecule has 1 amide bonds. The summed E-state index contributed by atoms with van der Waals surface area (Å²) in [5.41, 5.74) is 2.69. The number of rotatable bonds is 8. The van der Waals surface area contributed by atoms with Crippen LogP contribution in [0, 0.1) is 0 Å². The largest absolute Gasteiger partial charge is 0.465 e. The van der Waals surface area contributed by atoms with E-state index >= 15 is 0 Å². The quantitative estimate of drug-likeness (QED) is 0.380. The summed E-state index contributed by atoms with van der Waals surface area (Å²) in [6.45, 7) is 4.28. The first-order valence-corrected chi connectivity index (χ1v) is 11.5. The van der Waals surface area contributed by atoms with E-state index in [2.05, 4.69) is 41.5 Å². The van der Waals surface area contributed by atoms with Crippen LogP contribution >= 0.6 is 11.8 Å². The fourth-order valence-electron chi connectivity index (χ4n) is 3.21. The van der Waals surface area contributed by atoms with Crippen LogP contribution in [0.2, 0.25) is 0 Å². The molecule has 2 aromatic carbocycles. The zero-order chi connectivity index (χ0) is 24.8. The van der Waals surface area contributed by atoms with Crippen LogP contribution in [0.3, 0.4) is 0 Å². The summed E-state index contributed by atoms with van der Waals surface area (Å²) in [5.74, 6) is -0.420. The first kappa shape index (κ1) is 25.0. The Balaban J connectivity index is 1.70. The number of anilines is 1. The Morgan fingerprint density at radius 3 is 2.09 bits per heavy atom. The van der Waals surface area contributed by atoms with Gasteiger partial charge in [-0.1, -0.05) is 49.9 Å². The maximum absolute atomic E-state index is 12.6. The van der Waals surface area contributed by atoms with Gasteiger partial charge < -0.3 is 19.4 Å². The summed E-state index contributed by atoms with van der Waals surface area (Å²) in [4.78, 5) is 36.4. The van der Waals surface area contributed by atoms with Gasteiger partial charge in [0, 0.05) is 18.3 Å². The monoisotopic (exact) mass is 482 g/mol. The maximum atomic E-state index is 12.6. The van der Waals surface area contributed by atoms with E-state index < -0.39 is 11.9 Å². The number of methoxy groups -OCH3 is 2. The summed E-state index contributed by atoms with van der Waals surface area (Å²) in [5, 5.41) is 11.7. The second-order valence-corrected chi connectivity index (χ2v) is 8.70. The molecule has 10 heteroatoms. The average molecular weight is 483 g/mol. The molecule has 1 N–H and O–H groups in total. The van der Waals surface area contributed by atoms with Crippen molar-refractivity contribution >= 4 is 35.3 Å². The molecule has 0 radical (unpaired) electrons. The highest BCUT2D eigenvalue weighted by atomic mass is 32.2. The van der Waals surface area contributed by atoms with Crippen molar-refractivity contribution in [3.05, 3.63) is 59.2 Å². The smallest absolute Gasteiger partial charge is 0.337 e. The molecule has 0 bridgehead atoms. The third-order valence-corrected chi connectivity index (χ3v) is 6.08. The lowest BCUT2D eigenvalue weighted by atomic mass is 10.0. The van der Waals surface area contributed by atoms with Gasteiger partial charge in [-0.05, 0) is 29.7 Å². The molecule has 9 nitrogen and oxygen atoms in total. The van der Waals surface area contributed by atoms with E-state index in [0.717, 1.165) is 5.56 Å². The summed E-state index contributed by atoms with van der Waals surface area (Å²) in [6.07, 6.45) is 0. The molecule has 0 saturated heterocycles. The number of ether oxygens (including phenoxy) is 2. The van der Waals surface area contributed by atoms with Crippen molar-refractivity contribution in [1.29, 1.82) is 0 Å². The average Bonchev–Trinajstić information content (AvgIpc) is 3.21. The van der Waals surface area contributed by atoms with Crippen LogP contribution in [0.4, 0.5) is 5.69 Å². The molecule has 0 atom stereocenters. The zero-order valence-corrected chi connectivity index (χ0v) is 20.4. The zero-order valence-electron chi connectivity index (χ0n) is 19.6. The van der Waals surface area contributed by atoms with Crippen LogP contribution in [0.25, 0.3) is 11.4 Å². The minimum absolute atomic E-state index is 0.0499. The Bertz CT molecular complexity index is 1170. The van der Waals surface area contributed by atoms with Gasteiger partial charge in [0.25, 0.3) is 0 Å². The summed E-state index contributed by atoms with van der Waals surface area (Å²) < 4.78 is 11.3. The first-order chi connectivity index (χ1) is 16.2. The van der Waals surface area contributed by atoms with Gasteiger partial charge in [-0.3, -0.25) is 4.79 Å². The van der Waals surface area contributed by atoms with Crippen LogP contribution < -0.4 is 5.32 Å². The summed E-state index contributed by atoms with van der Waals surface area (Å²) >= 11 is 1.22. The lowest BCUT2D eigenvalue weighted by Crippen LogP contribution is -2.16. The highest BCUT2D eigenvalue weighted by molar-refractivity contribution is 7.99. The number of thioether (sulfide) groups is 1. The number of hydrogen-bond acceptors (Lipinski definition) is 8.